The van der Waals surface area contributed by atoms with Crippen LogP contribution >= 0.6 is 22.9 Å². The number of ether oxygens (including phenoxy) is 1. The van der Waals surface area contributed by atoms with Crippen LogP contribution in [0.25, 0.3) is 10.1 Å². The summed E-state index contributed by atoms with van der Waals surface area (Å²) in [4.78, 5) is 36.3. The van der Waals surface area contributed by atoms with Gasteiger partial charge in [0.1, 0.15) is 11.4 Å². The van der Waals surface area contributed by atoms with E-state index in [2.05, 4.69) is 5.32 Å². The molecule has 8 heteroatoms. The van der Waals surface area contributed by atoms with Crippen molar-refractivity contribution in [3.8, 4) is 0 Å². The van der Waals surface area contributed by atoms with Gasteiger partial charge in [0.2, 0.25) is 6.10 Å². The molecule has 2 aromatic carbocycles. The Morgan fingerprint density at radius 1 is 1.07 bits per heavy atom. The van der Waals surface area contributed by atoms with Gasteiger partial charge in [-0.3, -0.25) is 14.4 Å². The lowest BCUT2D eigenvalue weighted by Gasteiger charge is -2.15. The monoisotopic (exact) mass is 402 g/mol. The van der Waals surface area contributed by atoms with E-state index < -0.39 is 30.4 Å². The number of hydrogen-bond donors (Lipinski definition) is 2. The predicted molar refractivity (Wildman–Crippen MR) is 104 cm³/mol. The van der Waals surface area contributed by atoms with Crippen LogP contribution in [0.4, 0.5) is 0 Å². The summed E-state index contributed by atoms with van der Waals surface area (Å²) in [5.41, 5.74) is 5.76. The molecule has 3 N–H and O–H groups in total. The summed E-state index contributed by atoms with van der Waals surface area (Å²) in [6, 6.07) is 15.8. The van der Waals surface area contributed by atoms with Crippen LogP contribution in [0.1, 0.15) is 21.3 Å². The number of amides is 2. The van der Waals surface area contributed by atoms with Gasteiger partial charge in [-0.2, -0.15) is 0 Å². The number of esters is 1. The second kappa shape index (κ2) is 8.20. The van der Waals surface area contributed by atoms with Gasteiger partial charge in [0.15, 0.2) is 0 Å². The molecular formula is C19H15ClN2O4S. The molecule has 0 aliphatic rings. The summed E-state index contributed by atoms with van der Waals surface area (Å²) >= 11 is 7.47. The zero-order chi connectivity index (χ0) is 19.4. The first kappa shape index (κ1) is 18.9. The van der Waals surface area contributed by atoms with Crippen LogP contribution < -0.4 is 11.1 Å². The fourth-order valence-electron chi connectivity index (χ4n) is 2.48. The number of primary amides is 1. The molecule has 2 amide bonds. The van der Waals surface area contributed by atoms with Crippen LogP contribution in [0.3, 0.4) is 0 Å². The molecule has 1 unspecified atom stereocenters. The Hall–Kier alpha value is -2.90. The molecule has 1 heterocycles. The molecule has 0 fully saturated rings. The smallest absolute Gasteiger partial charge is 0.326 e. The number of benzene rings is 2. The first-order valence-corrected chi connectivity index (χ1v) is 9.16. The third-order valence-electron chi connectivity index (χ3n) is 3.74. The van der Waals surface area contributed by atoms with E-state index in [1.165, 1.54) is 11.3 Å². The maximum atomic E-state index is 12.3. The van der Waals surface area contributed by atoms with Crippen molar-refractivity contribution in [2.75, 3.05) is 6.54 Å². The Morgan fingerprint density at radius 2 is 1.74 bits per heavy atom. The Bertz CT molecular complexity index is 1000. The minimum absolute atomic E-state index is 0.306. The zero-order valence-electron chi connectivity index (χ0n) is 14.0. The van der Waals surface area contributed by atoms with Crippen molar-refractivity contribution in [3.63, 3.8) is 0 Å². The molecule has 1 aromatic heterocycles. The molecule has 0 aliphatic heterocycles. The molecule has 3 aromatic rings. The van der Waals surface area contributed by atoms with Crippen molar-refractivity contribution in [1.29, 1.82) is 0 Å². The molecule has 0 spiro atoms. The first-order valence-electron chi connectivity index (χ1n) is 7.96. The van der Waals surface area contributed by atoms with Crippen molar-refractivity contribution < 1.29 is 19.1 Å². The lowest BCUT2D eigenvalue weighted by molar-refractivity contribution is -0.154. The van der Waals surface area contributed by atoms with Gasteiger partial charge < -0.3 is 15.8 Å². The molecule has 3 rings (SSSR count). The van der Waals surface area contributed by atoms with E-state index in [0.29, 0.717) is 15.5 Å². The molecule has 0 radical (unpaired) electrons. The van der Waals surface area contributed by atoms with Gasteiger partial charge in [-0.05, 0) is 6.07 Å². The fraction of sp³-hybridized carbons (Fsp3) is 0.105. The maximum Gasteiger partial charge on any atom is 0.326 e. The number of hydrogen-bond acceptors (Lipinski definition) is 5. The summed E-state index contributed by atoms with van der Waals surface area (Å²) in [6.07, 6.45) is -1.22. The van der Waals surface area contributed by atoms with Crippen molar-refractivity contribution in [2.45, 2.75) is 6.10 Å². The van der Waals surface area contributed by atoms with Crippen LogP contribution in [0.2, 0.25) is 5.02 Å². The average Bonchev–Trinajstić information content (AvgIpc) is 3.02. The van der Waals surface area contributed by atoms with E-state index in [9.17, 15) is 14.4 Å². The predicted octanol–water partition coefficient (Wildman–Crippen LogP) is 3.05. The number of thiophene rings is 1. The van der Waals surface area contributed by atoms with E-state index in [4.69, 9.17) is 22.1 Å². The van der Waals surface area contributed by atoms with Crippen molar-refractivity contribution in [3.05, 3.63) is 70.1 Å². The summed E-state index contributed by atoms with van der Waals surface area (Å²) in [5.74, 6) is -2.07. The molecule has 0 aliphatic carbocycles. The molecule has 1 atom stereocenters. The summed E-state index contributed by atoms with van der Waals surface area (Å²) in [5, 5.41) is 3.56. The number of halogens is 1. The van der Waals surface area contributed by atoms with E-state index in [1.54, 1.807) is 30.3 Å². The zero-order valence-corrected chi connectivity index (χ0v) is 15.5. The molecule has 0 saturated heterocycles. The standard InChI is InChI=1S/C19H15ClN2O4S/c20-15-12-8-4-5-9-13(12)27-17(15)19(25)22-10-14(23)26-16(18(21)24)11-6-2-1-3-7-11/h1-9,16H,10H2,(H2,21,24)(H,22,25). The van der Waals surface area contributed by atoms with E-state index >= 15 is 0 Å². The minimum Gasteiger partial charge on any atom is -0.446 e. The average molecular weight is 403 g/mol. The number of nitrogens with one attached hydrogen (secondary N) is 1. The third-order valence-corrected chi connectivity index (χ3v) is 5.42. The Morgan fingerprint density at radius 3 is 2.41 bits per heavy atom. The van der Waals surface area contributed by atoms with Gasteiger partial charge in [0.25, 0.3) is 11.8 Å². The fourth-order valence-corrected chi connectivity index (χ4v) is 3.92. The first-order chi connectivity index (χ1) is 13.0. The highest BCUT2D eigenvalue weighted by atomic mass is 35.5. The third kappa shape index (κ3) is 4.27. The molecular weight excluding hydrogens is 388 g/mol. The second-order valence-electron chi connectivity index (χ2n) is 5.61. The number of nitrogens with two attached hydrogens (primary N) is 1. The molecule has 138 valence electrons. The van der Waals surface area contributed by atoms with Gasteiger partial charge in [0, 0.05) is 15.6 Å². The van der Waals surface area contributed by atoms with Gasteiger partial charge >= 0.3 is 5.97 Å². The number of rotatable bonds is 6. The largest absolute Gasteiger partial charge is 0.446 e. The lowest BCUT2D eigenvalue weighted by atomic mass is 10.1. The van der Waals surface area contributed by atoms with E-state index in [0.717, 1.165) is 10.1 Å². The maximum absolute atomic E-state index is 12.3. The van der Waals surface area contributed by atoms with Crippen LogP contribution in [-0.2, 0) is 14.3 Å². The van der Waals surface area contributed by atoms with Crippen LogP contribution in [0.5, 0.6) is 0 Å². The van der Waals surface area contributed by atoms with Gasteiger partial charge in [-0.25, -0.2) is 0 Å². The van der Waals surface area contributed by atoms with Crippen LogP contribution in [0.15, 0.2) is 54.6 Å². The van der Waals surface area contributed by atoms with Gasteiger partial charge in [-0.15, -0.1) is 11.3 Å². The number of carbonyl (C=O) groups excluding carboxylic acids is 3. The van der Waals surface area contributed by atoms with Crippen molar-refractivity contribution in [1.82, 2.24) is 5.32 Å². The van der Waals surface area contributed by atoms with E-state index in [-0.39, 0.29) is 0 Å². The highest BCUT2D eigenvalue weighted by molar-refractivity contribution is 7.21. The van der Waals surface area contributed by atoms with Crippen LogP contribution in [-0.4, -0.2) is 24.3 Å². The molecule has 0 bridgehead atoms. The quantitative estimate of drug-likeness (QED) is 0.619. The number of carbonyl (C=O) groups is 3. The Kier molecular flexibility index (Phi) is 5.73. The van der Waals surface area contributed by atoms with Gasteiger partial charge in [-0.1, -0.05) is 60.1 Å². The minimum atomic E-state index is -1.22. The van der Waals surface area contributed by atoms with Crippen molar-refractivity contribution in [2.24, 2.45) is 5.73 Å². The second-order valence-corrected chi connectivity index (χ2v) is 7.04. The number of fused-ring (bicyclic) bond motifs is 1. The Labute approximate surface area is 163 Å². The Balaban J connectivity index is 1.65. The normalized spacial score (nSPS) is 11.7. The van der Waals surface area contributed by atoms with Crippen LogP contribution in [0, 0.1) is 0 Å². The topological polar surface area (TPSA) is 98.5 Å². The SMILES string of the molecule is NC(=O)C(OC(=O)CNC(=O)c1sc2ccccc2c1Cl)c1ccccc1. The summed E-state index contributed by atoms with van der Waals surface area (Å²) in [6.45, 7) is -0.417. The summed E-state index contributed by atoms with van der Waals surface area (Å²) in [7, 11) is 0. The van der Waals surface area contributed by atoms with Crippen molar-refractivity contribution >= 4 is 50.8 Å². The lowest BCUT2D eigenvalue weighted by Crippen LogP contribution is -2.33. The molecule has 27 heavy (non-hydrogen) atoms. The molecule has 0 saturated carbocycles. The highest BCUT2D eigenvalue weighted by Gasteiger charge is 2.23. The highest BCUT2D eigenvalue weighted by Crippen LogP contribution is 2.34. The van der Waals surface area contributed by atoms with Gasteiger partial charge in [0.05, 0.1) is 5.02 Å². The summed E-state index contributed by atoms with van der Waals surface area (Å²) < 4.78 is 5.98. The van der Waals surface area contributed by atoms with E-state index in [1.807, 2.05) is 24.3 Å². The molecule has 6 nitrogen and oxygen atoms in total.